The van der Waals surface area contributed by atoms with Crippen molar-refractivity contribution in [2.24, 2.45) is 0 Å². The standard InChI is InChI=1S/C23H21NO7S/c1-15(25)17-7-6-8-19(13-17)24-22(26)16(2)31-23(27)21-18(11-12-30-21)14-32(28,29)20-9-4-3-5-10-20/h3-13,16H,14H2,1-2H3,(H,24,26). The number of carbonyl (C=O) groups excluding carboxylic acids is 3. The summed E-state index contributed by atoms with van der Waals surface area (Å²) in [5.74, 6) is -2.49. The third-order valence-corrected chi connectivity index (χ3v) is 6.25. The van der Waals surface area contributed by atoms with Crippen molar-refractivity contribution < 1.29 is 32.0 Å². The molecule has 0 bridgehead atoms. The van der Waals surface area contributed by atoms with Crippen LogP contribution in [0.2, 0.25) is 0 Å². The second-order valence-corrected chi connectivity index (χ2v) is 9.01. The lowest BCUT2D eigenvalue weighted by Gasteiger charge is -2.13. The highest BCUT2D eigenvalue weighted by Gasteiger charge is 2.26. The molecule has 3 aromatic rings. The molecular weight excluding hydrogens is 434 g/mol. The van der Waals surface area contributed by atoms with Crippen molar-refractivity contribution in [2.75, 3.05) is 5.32 Å². The molecule has 9 heteroatoms. The molecule has 1 aromatic heterocycles. The van der Waals surface area contributed by atoms with Gasteiger partial charge >= 0.3 is 5.97 Å². The number of amides is 1. The van der Waals surface area contributed by atoms with E-state index in [2.05, 4.69) is 5.32 Å². The van der Waals surface area contributed by atoms with Gasteiger partial charge in [-0.05, 0) is 44.2 Å². The van der Waals surface area contributed by atoms with Gasteiger partial charge in [-0.3, -0.25) is 9.59 Å². The maximum Gasteiger partial charge on any atom is 0.375 e. The molecular formula is C23H21NO7S. The Kier molecular flexibility index (Phi) is 6.89. The number of carbonyl (C=O) groups is 3. The van der Waals surface area contributed by atoms with Crippen molar-refractivity contribution in [2.45, 2.75) is 30.6 Å². The molecule has 0 radical (unpaired) electrons. The van der Waals surface area contributed by atoms with Crippen LogP contribution in [0, 0.1) is 0 Å². The number of ketones is 1. The number of hydrogen-bond donors (Lipinski definition) is 1. The van der Waals surface area contributed by atoms with Crippen molar-refractivity contribution in [1.29, 1.82) is 0 Å². The van der Waals surface area contributed by atoms with E-state index in [9.17, 15) is 22.8 Å². The van der Waals surface area contributed by atoms with Gasteiger partial charge in [-0.25, -0.2) is 13.2 Å². The molecule has 166 valence electrons. The Labute approximate surface area is 185 Å². The average molecular weight is 455 g/mol. The second-order valence-electron chi connectivity index (χ2n) is 7.02. The van der Waals surface area contributed by atoms with Crippen molar-refractivity contribution in [3.63, 3.8) is 0 Å². The minimum Gasteiger partial charge on any atom is -0.457 e. The smallest absolute Gasteiger partial charge is 0.375 e. The number of benzene rings is 2. The molecule has 1 N–H and O–H groups in total. The van der Waals surface area contributed by atoms with Crippen molar-refractivity contribution in [1.82, 2.24) is 0 Å². The fraction of sp³-hybridized carbons (Fsp3) is 0.174. The molecule has 2 aromatic carbocycles. The topological polar surface area (TPSA) is 120 Å². The van der Waals surface area contributed by atoms with Crippen molar-refractivity contribution in [3.8, 4) is 0 Å². The summed E-state index contributed by atoms with van der Waals surface area (Å²) in [6.07, 6.45) is -0.0167. The molecule has 0 aliphatic carbocycles. The molecule has 0 aliphatic rings. The third kappa shape index (κ3) is 5.50. The predicted molar refractivity (Wildman–Crippen MR) is 116 cm³/mol. The Morgan fingerprint density at radius 2 is 1.75 bits per heavy atom. The molecule has 8 nitrogen and oxygen atoms in total. The van der Waals surface area contributed by atoms with E-state index in [0.29, 0.717) is 11.3 Å². The second kappa shape index (κ2) is 9.61. The SMILES string of the molecule is CC(=O)c1cccc(NC(=O)C(C)OC(=O)c2occc2CS(=O)(=O)c2ccccc2)c1. The van der Waals surface area contributed by atoms with Crippen LogP contribution in [0.5, 0.6) is 0 Å². The maximum atomic E-state index is 12.6. The number of sulfone groups is 1. The summed E-state index contributed by atoms with van der Waals surface area (Å²) in [6.45, 7) is 2.77. The minimum atomic E-state index is -3.71. The van der Waals surface area contributed by atoms with E-state index in [4.69, 9.17) is 9.15 Å². The molecule has 0 aliphatic heterocycles. The van der Waals surface area contributed by atoms with Crippen LogP contribution in [-0.2, 0) is 25.1 Å². The van der Waals surface area contributed by atoms with Crippen LogP contribution in [0.25, 0.3) is 0 Å². The van der Waals surface area contributed by atoms with Crippen LogP contribution in [0.15, 0.2) is 76.2 Å². The first-order valence-electron chi connectivity index (χ1n) is 9.64. The molecule has 0 fully saturated rings. The Bertz CT molecular complexity index is 1250. The zero-order valence-electron chi connectivity index (χ0n) is 17.4. The number of rotatable bonds is 8. The van der Waals surface area contributed by atoms with Gasteiger partial charge in [-0.15, -0.1) is 0 Å². The molecule has 1 heterocycles. The first-order valence-corrected chi connectivity index (χ1v) is 11.3. The normalized spacial score (nSPS) is 12.1. The van der Waals surface area contributed by atoms with Crippen LogP contribution in [0.1, 0.15) is 40.3 Å². The average Bonchev–Trinajstić information content (AvgIpc) is 3.22. The van der Waals surface area contributed by atoms with E-state index in [0.717, 1.165) is 0 Å². The van der Waals surface area contributed by atoms with Crippen LogP contribution >= 0.6 is 0 Å². The van der Waals surface area contributed by atoms with Crippen LogP contribution in [0.3, 0.4) is 0 Å². The van der Waals surface area contributed by atoms with Gasteiger partial charge in [-0.2, -0.15) is 0 Å². The number of nitrogens with one attached hydrogen (secondary N) is 1. The number of Topliss-reactive ketones (excluding diaryl/α,β-unsaturated/α-hetero) is 1. The largest absolute Gasteiger partial charge is 0.457 e. The summed E-state index contributed by atoms with van der Waals surface area (Å²) in [5.41, 5.74) is 0.922. The lowest BCUT2D eigenvalue weighted by atomic mass is 10.1. The highest BCUT2D eigenvalue weighted by atomic mass is 32.2. The van der Waals surface area contributed by atoms with Crippen molar-refractivity contribution in [3.05, 3.63) is 83.8 Å². The third-order valence-electron chi connectivity index (χ3n) is 4.57. The van der Waals surface area contributed by atoms with E-state index in [1.165, 1.54) is 44.4 Å². The number of furan rings is 1. The molecule has 32 heavy (non-hydrogen) atoms. The quantitative estimate of drug-likeness (QED) is 0.407. The van der Waals surface area contributed by atoms with Gasteiger partial charge in [0.15, 0.2) is 21.7 Å². The van der Waals surface area contributed by atoms with Crippen molar-refractivity contribution >= 4 is 33.2 Å². The van der Waals surface area contributed by atoms with Crippen LogP contribution < -0.4 is 5.32 Å². The molecule has 3 rings (SSSR count). The van der Waals surface area contributed by atoms with Gasteiger partial charge < -0.3 is 14.5 Å². The summed E-state index contributed by atoms with van der Waals surface area (Å²) in [7, 11) is -3.71. The zero-order valence-corrected chi connectivity index (χ0v) is 18.2. The van der Waals surface area contributed by atoms with Gasteiger partial charge in [0.25, 0.3) is 5.91 Å². The van der Waals surface area contributed by atoms with Gasteiger partial charge in [0.1, 0.15) is 0 Å². The molecule has 0 saturated carbocycles. The number of hydrogen-bond acceptors (Lipinski definition) is 7. The highest BCUT2D eigenvalue weighted by molar-refractivity contribution is 7.90. The Balaban J connectivity index is 1.67. The molecule has 1 unspecified atom stereocenters. The van der Waals surface area contributed by atoms with Crippen LogP contribution in [0.4, 0.5) is 5.69 Å². The first kappa shape index (κ1) is 23.0. The Morgan fingerprint density at radius 3 is 2.44 bits per heavy atom. The van der Waals surface area contributed by atoms with Gasteiger partial charge in [0, 0.05) is 16.8 Å². The summed E-state index contributed by atoms with van der Waals surface area (Å²) in [5, 5.41) is 2.57. The summed E-state index contributed by atoms with van der Waals surface area (Å²) >= 11 is 0. The number of ether oxygens (including phenoxy) is 1. The number of anilines is 1. The van der Waals surface area contributed by atoms with E-state index in [1.54, 1.807) is 36.4 Å². The minimum absolute atomic E-state index is 0.112. The van der Waals surface area contributed by atoms with E-state index in [-0.39, 0.29) is 22.0 Å². The fourth-order valence-electron chi connectivity index (χ4n) is 2.87. The molecule has 0 spiro atoms. The molecule has 0 saturated heterocycles. The molecule has 1 amide bonds. The summed E-state index contributed by atoms with van der Waals surface area (Å²) in [4.78, 5) is 36.5. The predicted octanol–water partition coefficient (Wildman–Crippen LogP) is 3.64. The van der Waals surface area contributed by atoms with E-state index < -0.39 is 33.6 Å². The summed E-state index contributed by atoms with van der Waals surface area (Å²) in [6, 6.07) is 15.5. The highest BCUT2D eigenvalue weighted by Crippen LogP contribution is 2.21. The number of esters is 1. The maximum absolute atomic E-state index is 12.6. The Morgan fingerprint density at radius 1 is 1.03 bits per heavy atom. The Hall–Kier alpha value is -3.72. The summed E-state index contributed by atoms with van der Waals surface area (Å²) < 4.78 is 35.5. The van der Waals surface area contributed by atoms with Gasteiger partial charge in [0.2, 0.25) is 5.76 Å². The first-order chi connectivity index (χ1) is 15.2. The van der Waals surface area contributed by atoms with Gasteiger partial charge in [0.05, 0.1) is 16.9 Å². The zero-order chi connectivity index (χ0) is 23.3. The lowest BCUT2D eigenvalue weighted by Crippen LogP contribution is -2.30. The van der Waals surface area contributed by atoms with Crippen LogP contribution in [-0.4, -0.2) is 32.2 Å². The lowest BCUT2D eigenvalue weighted by molar-refractivity contribution is -0.123. The monoisotopic (exact) mass is 455 g/mol. The van der Waals surface area contributed by atoms with Gasteiger partial charge in [-0.1, -0.05) is 30.3 Å². The molecule has 1 atom stereocenters. The van der Waals surface area contributed by atoms with E-state index in [1.807, 2.05) is 0 Å². The van der Waals surface area contributed by atoms with E-state index >= 15 is 0 Å². The fourth-order valence-corrected chi connectivity index (χ4v) is 4.25.